The summed E-state index contributed by atoms with van der Waals surface area (Å²) in [6.45, 7) is 4.37. The first-order chi connectivity index (χ1) is 10.1. The van der Waals surface area contributed by atoms with Gasteiger partial charge in [-0.3, -0.25) is 4.79 Å². The first-order valence-electron chi connectivity index (χ1n) is 7.87. The fourth-order valence-electron chi connectivity index (χ4n) is 3.05. The molecule has 0 aromatic heterocycles. The van der Waals surface area contributed by atoms with E-state index in [2.05, 4.69) is 50.2 Å². The maximum Gasteiger partial charge on any atom is 0.167 e. The topological polar surface area (TPSA) is 17.1 Å². The first-order valence-corrected chi connectivity index (χ1v) is 7.87. The van der Waals surface area contributed by atoms with Gasteiger partial charge in [-0.2, -0.15) is 0 Å². The molecule has 0 N–H and O–H groups in total. The van der Waals surface area contributed by atoms with Crippen LogP contribution in [0.25, 0.3) is 0 Å². The number of hydrogen-bond acceptors (Lipinski definition) is 1. The number of carbonyl (C=O) groups excluding carboxylic acids is 1. The summed E-state index contributed by atoms with van der Waals surface area (Å²) in [6.07, 6.45) is 4.01. The summed E-state index contributed by atoms with van der Waals surface area (Å²) in [5, 5.41) is 0. The molecule has 0 heterocycles. The van der Waals surface area contributed by atoms with Crippen LogP contribution in [0.2, 0.25) is 0 Å². The van der Waals surface area contributed by atoms with Crippen molar-refractivity contribution in [1.82, 2.24) is 0 Å². The van der Waals surface area contributed by atoms with Crippen molar-refractivity contribution in [3.63, 3.8) is 0 Å². The Morgan fingerprint density at radius 1 is 1.00 bits per heavy atom. The monoisotopic (exact) mass is 278 g/mol. The average molecular weight is 278 g/mol. The van der Waals surface area contributed by atoms with Crippen molar-refractivity contribution in [1.29, 1.82) is 0 Å². The van der Waals surface area contributed by atoms with E-state index in [0.29, 0.717) is 12.3 Å². The lowest BCUT2D eigenvalue weighted by Crippen LogP contribution is -2.04. The van der Waals surface area contributed by atoms with Crippen LogP contribution >= 0.6 is 0 Å². The molecule has 1 aliphatic carbocycles. The third-order valence-corrected chi connectivity index (χ3v) is 4.43. The molecule has 0 spiro atoms. The molecule has 0 saturated heterocycles. The molecule has 2 aromatic carbocycles. The zero-order valence-corrected chi connectivity index (χ0v) is 12.9. The molecule has 0 radical (unpaired) electrons. The van der Waals surface area contributed by atoms with Crippen LogP contribution in [-0.2, 0) is 19.3 Å². The van der Waals surface area contributed by atoms with Gasteiger partial charge in [-0.1, -0.05) is 50.2 Å². The van der Waals surface area contributed by atoms with Crippen molar-refractivity contribution in [3.8, 4) is 0 Å². The minimum absolute atomic E-state index is 0.224. The summed E-state index contributed by atoms with van der Waals surface area (Å²) in [5.41, 5.74) is 6.08. The van der Waals surface area contributed by atoms with Gasteiger partial charge < -0.3 is 0 Å². The Morgan fingerprint density at radius 3 is 2.43 bits per heavy atom. The number of hydrogen-bond donors (Lipinski definition) is 0. The number of carbonyl (C=O) groups is 1. The number of aryl methyl sites for hydroxylation is 2. The molecular weight excluding hydrogens is 256 g/mol. The van der Waals surface area contributed by atoms with E-state index in [9.17, 15) is 4.79 Å². The highest BCUT2D eigenvalue weighted by Gasteiger charge is 2.14. The predicted molar refractivity (Wildman–Crippen MR) is 87.0 cm³/mol. The van der Waals surface area contributed by atoms with Crippen LogP contribution in [0.4, 0.5) is 0 Å². The smallest absolute Gasteiger partial charge is 0.167 e. The largest absolute Gasteiger partial charge is 0.294 e. The fourth-order valence-corrected chi connectivity index (χ4v) is 3.05. The molecule has 108 valence electrons. The third kappa shape index (κ3) is 3.07. The van der Waals surface area contributed by atoms with Gasteiger partial charge >= 0.3 is 0 Å². The second-order valence-electron chi connectivity index (χ2n) is 6.33. The lowest BCUT2D eigenvalue weighted by Gasteiger charge is -2.07. The van der Waals surface area contributed by atoms with Crippen molar-refractivity contribution in [2.45, 2.75) is 45.4 Å². The van der Waals surface area contributed by atoms with Crippen molar-refractivity contribution in [3.05, 3.63) is 70.3 Å². The van der Waals surface area contributed by atoms with Gasteiger partial charge in [0.15, 0.2) is 5.78 Å². The van der Waals surface area contributed by atoms with E-state index in [4.69, 9.17) is 0 Å². The van der Waals surface area contributed by atoms with E-state index in [1.54, 1.807) is 0 Å². The summed E-state index contributed by atoms with van der Waals surface area (Å²) >= 11 is 0. The predicted octanol–water partition coefficient (Wildman–Crippen LogP) is 4.72. The van der Waals surface area contributed by atoms with E-state index in [0.717, 1.165) is 17.5 Å². The Balaban J connectivity index is 1.74. The van der Waals surface area contributed by atoms with Gasteiger partial charge in [0.2, 0.25) is 0 Å². The zero-order valence-electron chi connectivity index (χ0n) is 12.9. The summed E-state index contributed by atoms with van der Waals surface area (Å²) in [4.78, 5) is 12.4. The van der Waals surface area contributed by atoms with E-state index in [1.165, 1.54) is 29.5 Å². The molecule has 3 rings (SSSR count). The minimum Gasteiger partial charge on any atom is -0.294 e. The molecule has 0 bridgehead atoms. The summed E-state index contributed by atoms with van der Waals surface area (Å²) in [5.74, 6) is 0.758. The molecule has 0 fully saturated rings. The van der Waals surface area contributed by atoms with Gasteiger partial charge in [0.1, 0.15) is 0 Å². The van der Waals surface area contributed by atoms with E-state index in [1.807, 2.05) is 6.07 Å². The SMILES string of the molecule is CC(C)c1ccc(CC(=O)c2ccc3c(c2)CCC3)cc1. The fraction of sp³-hybridized carbons (Fsp3) is 0.350. The quantitative estimate of drug-likeness (QED) is 0.739. The van der Waals surface area contributed by atoms with Gasteiger partial charge in [0, 0.05) is 12.0 Å². The van der Waals surface area contributed by atoms with Crippen LogP contribution in [0.1, 0.15) is 58.8 Å². The van der Waals surface area contributed by atoms with Gasteiger partial charge in [0.05, 0.1) is 0 Å². The maximum absolute atomic E-state index is 12.4. The number of benzene rings is 2. The Morgan fingerprint density at radius 2 is 1.71 bits per heavy atom. The van der Waals surface area contributed by atoms with Crippen LogP contribution in [-0.4, -0.2) is 5.78 Å². The van der Waals surface area contributed by atoms with Crippen molar-refractivity contribution in [2.24, 2.45) is 0 Å². The molecule has 2 aromatic rings. The average Bonchev–Trinajstić information content (AvgIpc) is 2.95. The maximum atomic E-state index is 12.4. The molecule has 0 aliphatic heterocycles. The van der Waals surface area contributed by atoms with Crippen LogP contribution < -0.4 is 0 Å². The molecule has 1 heteroatoms. The normalized spacial score (nSPS) is 13.5. The van der Waals surface area contributed by atoms with E-state index >= 15 is 0 Å². The Labute approximate surface area is 127 Å². The zero-order chi connectivity index (χ0) is 14.8. The Kier molecular flexibility index (Phi) is 3.92. The van der Waals surface area contributed by atoms with Gasteiger partial charge in [-0.15, -0.1) is 0 Å². The number of fused-ring (bicyclic) bond motifs is 1. The number of rotatable bonds is 4. The number of Topliss-reactive ketones (excluding diaryl/α,β-unsaturated/α-hetero) is 1. The van der Waals surface area contributed by atoms with E-state index < -0.39 is 0 Å². The molecule has 0 amide bonds. The highest BCUT2D eigenvalue weighted by molar-refractivity contribution is 5.97. The second kappa shape index (κ2) is 5.85. The van der Waals surface area contributed by atoms with Crippen LogP contribution in [0.15, 0.2) is 42.5 Å². The van der Waals surface area contributed by atoms with Crippen LogP contribution in [0.5, 0.6) is 0 Å². The minimum atomic E-state index is 0.224. The van der Waals surface area contributed by atoms with Gasteiger partial charge in [0.25, 0.3) is 0 Å². The van der Waals surface area contributed by atoms with Crippen LogP contribution in [0, 0.1) is 0 Å². The molecular formula is C20H22O. The third-order valence-electron chi connectivity index (χ3n) is 4.43. The van der Waals surface area contributed by atoms with Crippen LogP contribution in [0.3, 0.4) is 0 Å². The second-order valence-corrected chi connectivity index (χ2v) is 6.33. The molecule has 0 unspecified atom stereocenters. The summed E-state index contributed by atoms with van der Waals surface area (Å²) < 4.78 is 0. The number of ketones is 1. The molecule has 1 nitrogen and oxygen atoms in total. The van der Waals surface area contributed by atoms with Gasteiger partial charge in [-0.05, 0) is 53.5 Å². The Bertz CT molecular complexity index is 650. The van der Waals surface area contributed by atoms with E-state index in [-0.39, 0.29) is 5.78 Å². The Hall–Kier alpha value is -1.89. The lowest BCUT2D eigenvalue weighted by atomic mass is 9.97. The first kappa shape index (κ1) is 14.1. The molecule has 0 saturated carbocycles. The summed E-state index contributed by atoms with van der Waals surface area (Å²) in [6, 6.07) is 14.7. The van der Waals surface area contributed by atoms with Crippen molar-refractivity contribution < 1.29 is 4.79 Å². The highest BCUT2D eigenvalue weighted by Crippen LogP contribution is 2.23. The molecule has 21 heavy (non-hydrogen) atoms. The molecule has 0 atom stereocenters. The molecule has 1 aliphatic rings. The standard InChI is InChI=1S/C20H22O/c1-14(2)16-8-6-15(7-9-16)12-20(21)19-11-10-17-4-3-5-18(17)13-19/h6-11,13-14H,3-5,12H2,1-2H3. The lowest BCUT2D eigenvalue weighted by molar-refractivity contribution is 0.0993. The van der Waals surface area contributed by atoms with Crippen molar-refractivity contribution in [2.75, 3.05) is 0 Å². The van der Waals surface area contributed by atoms with Gasteiger partial charge in [-0.25, -0.2) is 0 Å². The van der Waals surface area contributed by atoms with Crippen molar-refractivity contribution >= 4 is 5.78 Å². The highest BCUT2D eigenvalue weighted by atomic mass is 16.1. The summed E-state index contributed by atoms with van der Waals surface area (Å²) in [7, 11) is 0.